The molecule has 0 saturated carbocycles. The number of ether oxygens (including phenoxy) is 3. The standard InChI is InChI=1S/C25H24FN5O4/c1-33-15-16-35-25-29-23(17-3-5-18(26)6-4-17)31(30-25)21-11-7-19(8-12-21)27-24(32)28-20-9-13-22(34-2)14-10-20/h3-14H,15-16H2,1-2H3,(H2,27,28,32). The molecule has 0 fully saturated rings. The van der Waals surface area contributed by atoms with Gasteiger partial charge in [0.2, 0.25) is 0 Å². The number of aromatic nitrogens is 3. The molecule has 2 amide bonds. The summed E-state index contributed by atoms with van der Waals surface area (Å²) in [4.78, 5) is 16.8. The third-order valence-corrected chi connectivity index (χ3v) is 4.93. The van der Waals surface area contributed by atoms with Crippen molar-refractivity contribution in [2.45, 2.75) is 0 Å². The molecular weight excluding hydrogens is 453 g/mol. The Balaban J connectivity index is 1.50. The first-order valence-electron chi connectivity index (χ1n) is 10.7. The predicted octanol–water partition coefficient (Wildman–Crippen LogP) is 4.75. The summed E-state index contributed by atoms with van der Waals surface area (Å²) in [6, 6.07) is 19.8. The summed E-state index contributed by atoms with van der Waals surface area (Å²) in [6.07, 6.45) is 0. The fourth-order valence-electron chi connectivity index (χ4n) is 3.19. The molecule has 0 aliphatic heterocycles. The minimum Gasteiger partial charge on any atom is -0.497 e. The summed E-state index contributed by atoms with van der Waals surface area (Å²) < 4.78 is 30.7. The highest BCUT2D eigenvalue weighted by molar-refractivity contribution is 5.99. The molecule has 0 saturated heterocycles. The number of carbonyl (C=O) groups excluding carboxylic acids is 1. The maximum Gasteiger partial charge on any atom is 0.336 e. The van der Waals surface area contributed by atoms with Crippen LogP contribution in [0.2, 0.25) is 0 Å². The molecule has 0 spiro atoms. The second-order valence-electron chi connectivity index (χ2n) is 7.33. The van der Waals surface area contributed by atoms with Crippen LogP contribution in [0.4, 0.5) is 20.6 Å². The smallest absolute Gasteiger partial charge is 0.336 e. The number of hydrogen-bond acceptors (Lipinski definition) is 6. The Labute approximate surface area is 201 Å². The van der Waals surface area contributed by atoms with Gasteiger partial charge in [0.05, 0.1) is 19.4 Å². The van der Waals surface area contributed by atoms with Gasteiger partial charge < -0.3 is 24.8 Å². The number of methoxy groups -OCH3 is 2. The van der Waals surface area contributed by atoms with Crippen LogP contribution >= 0.6 is 0 Å². The van der Waals surface area contributed by atoms with Crippen molar-refractivity contribution in [3.8, 4) is 28.8 Å². The van der Waals surface area contributed by atoms with Gasteiger partial charge in [-0.2, -0.15) is 4.98 Å². The van der Waals surface area contributed by atoms with Crippen LogP contribution in [-0.2, 0) is 4.74 Å². The summed E-state index contributed by atoms with van der Waals surface area (Å²) in [6.45, 7) is 0.676. The van der Waals surface area contributed by atoms with E-state index in [9.17, 15) is 9.18 Å². The summed E-state index contributed by atoms with van der Waals surface area (Å²) in [5, 5.41) is 9.98. The van der Waals surface area contributed by atoms with E-state index in [1.807, 2.05) is 0 Å². The zero-order valence-electron chi connectivity index (χ0n) is 19.2. The van der Waals surface area contributed by atoms with E-state index >= 15 is 0 Å². The van der Waals surface area contributed by atoms with Gasteiger partial charge in [-0.05, 0) is 72.8 Å². The number of urea groups is 1. The van der Waals surface area contributed by atoms with Crippen molar-refractivity contribution in [2.75, 3.05) is 38.1 Å². The van der Waals surface area contributed by atoms with E-state index in [-0.39, 0.29) is 24.5 Å². The van der Waals surface area contributed by atoms with E-state index in [2.05, 4.69) is 20.7 Å². The van der Waals surface area contributed by atoms with Crippen LogP contribution in [0.15, 0.2) is 72.8 Å². The molecule has 180 valence electrons. The molecular formula is C25H24FN5O4. The molecule has 35 heavy (non-hydrogen) atoms. The second kappa shape index (κ2) is 11.1. The lowest BCUT2D eigenvalue weighted by molar-refractivity contribution is 0.141. The van der Waals surface area contributed by atoms with Crippen molar-refractivity contribution in [2.24, 2.45) is 0 Å². The number of anilines is 2. The first kappa shape index (κ1) is 23.7. The number of benzene rings is 3. The van der Waals surface area contributed by atoms with E-state index in [1.165, 1.54) is 12.1 Å². The Bertz CT molecular complexity index is 1260. The van der Waals surface area contributed by atoms with Crippen molar-refractivity contribution in [3.05, 3.63) is 78.6 Å². The molecule has 4 aromatic rings. The van der Waals surface area contributed by atoms with Gasteiger partial charge in [0.15, 0.2) is 5.82 Å². The summed E-state index contributed by atoms with van der Waals surface area (Å²) >= 11 is 0. The summed E-state index contributed by atoms with van der Waals surface area (Å²) in [7, 11) is 3.15. The third kappa shape index (κ3) is 6.12. The monoisotopic (exact) mass is 477 g/mol. The number of halogens is 1. The number of nitrogens with zero attached hydrogens (tertiary/aromatic N) is 3. The molecule has 1 heterocycles. The molecule has 0 atom stereocenters. The van der Waals surface area contributed by atoms with Crippen molar-refractivity contribution >= 4 is 17.4 Å². The molecule has 2 N–H and O–H groups in total. The predicted molar refractivity (Wildman–Crippen MR) is 130 cm³/mol. The minimum atomic E-state index is -0.385. The largest absolute Gasteiger partial charge is 0.497 e. The summed E-state index contributed by atoms with van der Waals surface area (Å²) in [5.41, 5.74) is 2.56. The average molecular weight is 477 g/mol. The topological polar surface area (TPSA) is 99.5 Å². The van der Waals surface area contributed by atoms with Gasteiger partial charge in [-0.25, -0.2) is 13.9 Å². The number of nitrogens with one attached hydrogen (secondary N) is 2. The molecule has 3 aromatic carbocycles. The van der Waals surface area contributed by atoms with Gasteiger partial charge >= 0.3 is 12.0 Å². The second-order valence-corrected chi connectivity index (χ2v) is 7.33. The molecule has 0 bridgehead atoms. The van der Waals surface area contributed by atoms with E-state index in [1.54, 1.807) is 79.6 Å². The fraction of sp³-hybridized carbons (Fsp3) is 0.160. The quantitative estimate of drug-likeness (QED) is 0.338. The lowest BCUT2D eigenvalue weighted by Crippen LogP contribution is -2.19. The molecule has 0 unspecified atom stereocenters. The summed E-state index contributed by atoms with van der Waals surface area (Å²) in [5.74, 6) is 0.835. The fourth-order valence-corrected chi connectivity index (χ4v) is 3.19. The van der Waals surface area contributed by atoms with E-state index in [4.69, 9.17) is 14.2 Å². The van der Waals surface area contributed by atoms with Crippen LogP contribution in [-0.4, -0.2) is 48.2 Å². The Hall–Kier alpha value is -4.44. The van der Waals surface area contributed by atoms with E-state index in [0.29, 0.717) is 40.8 Å². The Morgan fingerprint density at radius 3 is 2.11 bits per heavy atom. The van der Waals surface area contributed by atoms with Crippen LogP contribution in [0.25, 0.3) is 17.1 Å². The SMILES string of the molecule is COCCOc1nc(-c2ccc(F)cc2)n(-c2ccc(NC(=O)Nc3ccc(OC)cc3)cc2)n1. The molecule has 1 aromatic heterocycles. The number of rotatable bonds is 9. The minimum absolute atomic E-state index is 0.169. The highest BCUT2D eigenvalue weighted by atomic mass is 19.1. The van der Waals surface area contributed by atoms with Crippen LogP contribution in [0.3, 0.4) is 0 Å². The zero-order valence-corrected chi connectivity index (χ0v) is 19.2. The van der Waals surface area contributed by atoms with Crippen LogP contribution in [0.1, 0.15) is 0 Å². The molecule has 9 nitrogen and oxygen atoms in total. The molecule has 4 rings (SSSR count). The lowest BCUT2D eigenvalue weighted by Gasteiger charge is -2.10. The normalized spacial score (nSPS) is 10.6. The van der Waals surface area contributed by atoms with Crippen molar-refractivity contribution in [3.63, 3.8) is 0 Å². The first-order valence-corrected chi connectivity index (χ1v) is 10.7. The lowest BCUT2D eigenvalue weighted by atomic mass is 10.2. The number of hydrogen-bond donors (Lipinski definition) is 2. The van der Waals surface area contributed by atoms with Crippen molar-refractivity contribution in [1.82, 2.24) is 14.8 Å². The van der Waals surface area contributed by atoms with Gasteiger partial charge in [0, 0.05) is 24.0 Å². The molecule has 0 radical (unpaired) electrons. The maximum absolute atomic E-state index is 13.4. The van der Waals surface area contributed by atoms with Crippen LogP contribution in [0, 0.1) is 5.82 Å². The average Bonchev–Trinajstić information content (AvgIpc) is 3.29. The third-order valence-electron chi connectivity index (χ3n) is 4.93. The maximum atomic E-state index is 13.4. The zero-order chi connectivity index (χ0) is 24.6. The Kier molecular flexibility index (Phi) is 7.53. The van der Waals surface area contributed by atoms with Crippen molar-refractivity contribution in [1.29, 1.82) is 0 Å². The van der Waals surface area contributed by atoms with Gasteiger partial charge in [-0.15, -0.1) is 5.10 Å². The highest BCUT2D eigenvalue weighted by Gasteiger charge is 2.15. The number of carbonyl (C=O) groups is 1. The van der Waals surface area contributed by atoms with Crippen LogP contribution in [0.5, 0.6) is 11.8 Å². The van der Waals surface area contributed by atoms with Crippen LogP contribution < -0.4 is 20.1 Å². The van der Waals surface area contributed by atoms with Gasteiger partial charge in [-0.1, -0.05) is 0 Å². The molecule has 10 heteroatoms. The first-order chi connectivity index (χ1) is 17.1. The van der Waals surface area contributed by atoms with Gasteiger partial charge in [0.25, 0.3) is 0 Å². The van der Waals surface area contributed by atoms with Gasteiger partial charge in [0.1, 0.15) is 18.2 Å². The highest BCUT2D eigenvalue weighted by Crippen LogP contribution is 2.25. The Morgan fingerprint density at radius 1 is 0.886 bits per heavy atom. The Morgan fingerprint density at radius 2 is 1.51 bits per heavy atom. The van der Waals surface area contributed by atoms with E-state index in [0.717, 1.165) is 0 Å². The molecule has 0 aliphatic rings. The van der Waals surface area contributed by atoms with Gasteiger partial charge in [-0.3, -0.25) is 0 Å². The van der Waals surface area contributed by atoms with Crippen molar-refractivity contribution < 1.29 is 23.4 Å². The van der Waals surface area contributed by atoms with E-state index < -0.39 is 0 Å². The number of amides is 2. The molecule has 0 aliphatic carbocycles.